The minimum absolute atomic E-state index is 0.0517. The van der Waals surface area contributed by atoms with Gasteiger partial charge < -0.3 is 23.7 Å². The van der Waals surface area contributed by atoms with Crippen LogP contribution in [0.15, 0.2) is 24.3 Å². The van der Waals surface area contributed by atoms with Gasteiger partial charge in [0, 0.05) is 31.0 Å². The number of hydrogen-bond acceptors (Lipinski definition) is 9. The summed E-state index contributed by atoms with van der Waals surface area (Å²) in [7, 11) is 0. The van der Waals surface area contributed by atoms with Gasteiger partial charge in [-0.2, -0.15) is 0 Å². The number of nitrogens with one attached hydrogen (secondary N) is 1. The molecule has 11 nitrogen and oxygen atoms in total. The molecule has 0 aliphatic carbocycles. The van der Waals surface area contributed by atoms with Gasteiger partial charge in [-0.3, -0.25) is 20.3 Å². The van der Waals surface area contributed by atoms with E-state index in [4.69, 9.17) is 23.7 Å². The molecule has 45 heavy (non-hydrogen) atoms. The van der Waals surface area contributed by atoms with Gasteiger partial charge in [0.05, 0.1) is 4.92 Å². The molecule has 0 unspecified atom stereocenters. The van der Waals surface area contributed by atoms with E-state index in [0.717, 1.165) is 38.8 Å². The van der Waals surface area contributed by atoms with Crippen LogP contribution in [-0.4, -0.2) is 78.7 Å². The van der Waals surface area contributed by atoms with E-state index >= 15 is 0 Å². The van der Waals surface area contributed by atoms with Gasteiger partial charge >= 0.3 is 6.09 Å². The highest BCUT2D eigenvalue weighted by Gasteiger charge is 2.58. The molecule has 3 fully saturated rings. The number of unbranched alkanes of at least 4 members (excludes halogenated alkanes) is 9. The third-order valence-corrected chi connectivity index (χ3v) is 8.92. The highest BCUT2D eigenvalue weighted by molar-refractivity contribution is 5.84. The molecule has 3 saturated heterocycles. The van der Waals surface area contributed by atoms with Crippen LogP contribution in [0.3, 0.4) is 0 Å². The number of non-ortho nitro benzene ring substituents is 1. The number of nitrogens with zero attached hydrogens (tertiary/aromatic N) is 2. The number of benzene rings is 1. The van der Waals surface area contributed by atoms with Crippen LogP contribution in [0.4, 0.5) is 16.2 Å². The standard InChI is InChI=1S/C34H55N3O8/c1-4-5-6-7-8-9-10-11-14-17-24-41-30-29(43-32-31(30)44-34(2,3)45-32)28(25-36-22-15-12-13-16-23-36)42-33(38)35-26-18-20-27(21-19-26)37(39)40/h18-21,28-32H,4-17,22-25H2,1-3H3,(H,35,38)/t28-,29-,30+,31-,32-/m1/s1. The van der Waals surface area contributed by atoms with E-state index in [9.17, 15) is 14.9 Å². The second kappa shape index (κ2) is 18.1. The van der Waals surface area contributed by atoms with Gasteiger partial charge in [0.2, 0.25) is 0 Å². The molecule has 1 N–H and O–H groups in total. The minimum Gasteiger partial charge on any atom is -0.442 e. The Morgan fingerprint density at radius 2 is 1.60 bits per heavy atom. The lowest BCUT2D eigenvalue weighted by Crippen LogP contribution is -2.50. The summed E-state index contributed by atoms with van der Waals surface area (Å²) in [6, 6.07) is 5.67. The van der Waals surface area contributed by atoms with Crippen molar-refractivity contribution in [1.29, 1.82) is 0 Å². The van der Waals surface area contributed by atoms with E-state index in [-0.39, 0.29) is 5.69 Å². The average molecular weight is 634 g/mol. The molecule has 4 rings (SSSR count). The average Bonchev–Trinajstić information content (AvgIpc) is 3.33. The third kappa shape index (κ3) is 11.5. The van der Waals surface area contributed by atoms with Crippen molar-refractivity contribution >= 4 is 17.5 Å². The van der Waals surface area contributed by atoms with Gasteiger partial charge in [0.1, 0.15) is 24.4 Å². The fourth-order valence-corrected chi connectivity index (χ4v) is 6.53. The van der Waals surface area contributed by atoms with Crippen molar-refractivity contribution in [2.75, 3.05) is 31.6 Å². The lowest BCUT2D eigenvalue weighted by Gasteiger charge is -2.33. The van der Waals surface area contributed by atoms with Crippen LogP contribution in [0.2, 0.25) is 0 Å². The Bertz CT molecular complexity index is 1030. The van der Waals surface area contributed by atoms with E-state index in [2.05, 4.69) is 17.1 Å². The topological polar surface area (TPSA) is 122 Å². The van der Waals surface area contributed by atoms with Gasteiger partial charge in [-0.25, -0.2) is 4.79 Å². The molecular formula is C34H55N3O8. The molecule has 5 atom stereocenters. The van der Waals surface area contributed by atoms with Gasteiger partial charge in [0.25, 0.3) is 5.69 Å². The number of nitro groups is 1. The fraction of sp³-hybridized carbons (Fsp3) is 0.794. The number of carbonyl (C=O) groups is 1. The van der Waals surface area contributed by atoms with Crippen molar-refractivity contribution in [3.05, 3.63) is 34.4 Å². The molecule has 0 aromatic heterocycles. The number of fused-ring (bicyclic) bond motifs is 1. The molecular weight excluding hydrogens is 578 g/mol. The number of carbonyl (C=O) groups excluding carboxylic acids is 1. The van der Waals surface area contributed by atoms with Gasteiger partial charge in [0.15, 0.2) is 12.1 Å². The van der Waals surface area contributed by atoms with E-state index in [1.165, 1.54) is 88.5 Å². The van der Waals surface area contributed by atoms with E-state index in [1.54, 1.807) is 0 Å². The number of nitro benzene ring substituents is 1. The highest BCUT2D eigenvalue weighted by Crippen LogP contribution is 2.40. The summed E-state index contributed by atoms with van der Waals surface area (Å²) < 4.78 is 31.3. The predicted octanol–water partition coefficient (Wildman–Crippen LogP) is 7.57. The van der Waals surface area contributed by atoms with E-state index < -0.39 is 47.5 Å². The van der Waals surface area contributed by atoms with Crippen LogP contribution >= 0.6 is 0 Å². The van der Waals surface area contributed by atoms with Crippen LogP contribution in [0.25, 0.3) is 0 Å². The zero-order valence-corrected chi connectivity index (χ0v) is 27.6. The Morgan fingerprint density at radius 1 is 0.978 bits per heavy atom. The van der Waals surface area contributed by atoms with Gasteiger partial charge in [-0.1, -0.05) is 77.6 Å². The Hall–Kier alpha value is -2.31. The van der Waals surface area contributed by atoms with Crippen LogP contribution in [0.5, 0.6) is 0 Å². The molecule has 0 radical (unpaired) electrons. The molecule has 11 heteroatoms. The predicted molar refractivity (Wildman–Crippen MR) is 172 cm³/mol. The summed E-state index contributed by atoms with van der Waals surface area (Å²) in [4.78, 5) is 26.1. The number of anilines is 1. The quantitative estimate of drug-likeness (QED) is 0.0991. The molecule has 0 saturated carbocycles. The van der Waals surface area contributed by atoms with Crippen molar-refractivity contribution < 1.29 is 33.4 Å². The van der Waals surface area contributed by atoms with Crippen LogP contribution < -0.4 is 5.32 Å². The minimum atomic E-state index is -0.798. The van der Waals surface area contributed by atoms with Crippen molar-refractivity contribution in [2.24, 2.45) is 0 Å². The summed E-state index contributed by atoms with van der Waals surface area (Å²) in [5.74, 6) is -0.798. The second-order valence-corrected chi connectivity index (χ2v) is 13.2. The third-order valence-electron chi connectivity index (χ3n) is 8.92. The molecule has 3 heterocycles. The SMILES string of the molecule is CCCCCCCCCCCCO[C@@H]1[C@H]2OC(C)(C)O[C@H]2O[C@@H]1[C@@H](CN1CCCCCC1)OC(=O)Nc1ccc([N+](=O)[O-])cc1. The zero-order valence-electron chi connectivity index (χ0n) is 27.6. The first-order chi connectivity index (χ1) is 21.8. The largest absolute Gasteiger partial charge is 0.442 e. The number of rotatable bonds is 18. The van der Waals surface area contributed by atoms with Crippen molar-refractivity contribution in [3.8, 4) is 0 Å². The summed E-state index contributed by atoms with van der Waals surface area (Å²) in [6.07, 6.45) is 13.6. The van der Waals surface area contributed by atoms with E-state index in [0.29, 0.717) is 18.8 Å². The molecule has 0 spiro atoms. The molecule has 1 amide bonds. The van der Waals surface area contributed by atoms with Crippen molar-refractivity contribution in [3.63, 3.8) is 0 Å². The molecule has 1 aromatic carbocycles. The summed E-state index contributed by atoms with van der Waals surface area (Å²) in [5, 5.41) is 13.7. The van der Waals surface area contributed by atoms with Gasteiger partial charge in [-0.05, 0) is 58.3 Å². The molecule has 3 aliphatic rings. The Balaban J connectivity index is 1.37. The maximum Gasteiger partial charge on any atom is 0.412 e. The number of amides is 1. The lowest BCUT2D eigenvalue weighted by molar-refractivity contribution is -0.384. The fourth-order valence-electron chi connectivity index (χ4n) is 6.53. The first kappa shape index (κ1) is 35.5. The maximum atomic E-state index is 13.2. The monoisotopic (exact) mass is 633 g/mol. The first-order valence-electron chi connectivity index (χ1n) is 17.3. The molecule has 3 aliphatic heterocycles. The smallest absolute Gasteiger partial charge is 0.412 e. The lowest BCUT2D eigenvalue weighted by atomic mass is 10.0. The summed E-state index contributed by atoms with van der Waals surface area (Å²) in [6.45, 7) is 8.90. The number of ether oxygens (including phenoxy) is 5. The Morgan fingerprint density at radius 3 is 2.22 bits per heavy atom. The van der Waals surface area contributed by atoms with Crippen LogP contribution in [0.1, 0.15) is 111 Å². The molecule has 254 valence electrons. The molecule has 1 aromatic rings. The second-order valence-electron chi connectivity index (χ2n) is 13.2. The first-order valence-corrected chi connectivity index (χ1v) is 17.3. The summed E-state index contributed by atoms with van der Waals surface area (Å²) in [5.41, 5.74) is 0.356. The Labute approximate surface area is 268 Å². The maximum absolute atomic E-state index is 13.2. The number of hydrogen-bond donors (Lipinski definition) is 1. The van der Waals surface area contributed by atoms with Crippen LogP contribution in [-0.2, 0) is 23.7 Å². The normalized spacial score (nSPS) is 25.4. The molecule has 0 bridgehead atoms. The van der Waals surface area contributed by atoms with Crippen molar-refractivity contribution in [1.82, 2.24) is 4.90 Å². The van der Waals surface area contributed by atoms with Crippen LogP contribution in [0, 0.1) is 10.1 Å². The zero-order chi connectivity index (χ0) is 32.1. The summed E-state index contributed by atoms with van der Waals surface area (Å²) >= 11 is 0. The van der Waals surface area contributed by atoms with Crippen molar-refractivity contribution in [2.45, 2.75) is 147 Å². The Kier molecular flexibility index (Phi) is 14.3. The number of likely N-dealkylation sites (tertiary alicyclic amines) is 1. The van der Waals surface area contributed by atoms with Gasteiger partial charge in [-0.15, -0.1) is 0 Å². The van der Waals surface area contributed by atoms with E-state index in [1.807, 2.05) is 13.8 Å². The highest BCUT2D eigenvalue weighted by atomic mass is 16.8.